The van der Waals surface area contributed by atoms with Gasteiger partial charge >= 0.3 is 18.1 Å². The Morgan fingerprint density at radius 2 is 1.61 bits per heavy atom. The van der Waals surface area contributed by atoms with Crippen LogP contribution in [0.3, 0.4) is 0 Å². The Hall–Kier alpha value is -3.31. The molecule has 1 atom stereocenters. The normalized spacial score (nSPS) is 13.7. The fourth-order valence-corrected chi connectivity index (χ4v) is 4.06. The minimum absolute atomic E-state index is 0.296. The quantitative estimate of drug-likeness (QED) is 0.304. The highest BCUT2D eigenvalue weighted by atomic mass is 35.5. The molecule has 1 aliphatic rings. The van der Waals surface area contributed by atoms with Gasteiger partial charge in [-0.05, 0) is 67.7 Å². The average Bonchev–Trinajstić information content (AvgIpc) is 3.07. The summed E-state index contributed by atoms with van der Waals surface area (Å²) < 4.78 is 37.3. The SMILES string of the molecule is CC(CC(F)(F)F)NC(=O)c1ccc(CNc2c(Cl)ccc3c2CCNCC3)cc1.O=C(O)CCC(=O)O. The lowest BCUT2D eigenvalue weighted by molar-refractivity contribution is -0.143. The molecule has 0 saturated carbocycles. The molecule has 0 fully saturated rings. The summed E-state index contributed by atoms with van der Waals surface area (Å²) >= 11 is 6.43. The van der Waals surface area contributed by atoms with Gasteiger partial charge in [0.05, 0.1) is 30.0 Å². The first kappa shape index (κ1) is 30.9. The number of nitrogens with one attached hydrogen (secondary N) is 3. The fraction of sp³-hybridized carbons (Fsp3) is 0.423. The zero-order valence-corrected chi connectivity index (χ0v) is 21.6. The molecule has 208 valence electrons. The predicted octanol–water partition coefficient (Wildman–Crippen LogP) is 4.65. The maximum atomic E-state index is 12.4. The van der Waals surface area contributed by atoms with Gasteiger partial charge in [0, 0.05) is 18.2 Å². The van der Waals surface area contributed by atoms with E-state index in [-0.39, 0.29) is 12.8 Å². The highest BCUT2D eigenvalue weighted by Gasteiger charge is 2.30. The van der Waals surface area contributed by atoms with E-state index < -0.39 is 36.5 Å². The molecule has 0 bridgehead atoms. The molecule has 0 spiro atoms. The molecule has 0 saturated heterocycles. The summed E-state index contributed by atoms with van der Waals surface area (Å²) in [6, 6.07) is 9.80. The molecule has 1 heterocycles. The lowest BCUT2D eigenvalue weighted by atomic mass is 10.0. The largest absolute Gasteiger partial charge is 0.481 e. The minimum Gasteiger partial charge on any atom is -0.481 e. The lowest BCUT2D eigenvalue weighted by Crippen LogP contribution is -2.35. The monoisotopic (exact) mass is 557 g/mol. The molecule has 38 heavy (non-hydrogen) atoms. The number of anilines is 1. The Morgan fingerprint density at radius 1 is 1.00 bits per heavy atom. The van der Waals surface area contributed by atoms with Crippen molar-refractivity contribution in [3.8, 4) is 0 Å². The van der Waals surface area contributed by atoms with Crippen molar-refractivity contribution in [3.63, 3.8) is 0 Å². The van der Waals surface area contributed by atoms with Crippen molar-refractivity contribution in [1.29, 1.82) is 0 Å². The van der Waals surface area contributed by atoms with E-state index in [2.05, 4.69) is 22.0 Å². The Balaban J connectivity index is 0.000000550. The first-order valence-corrected chi connectivity index (χ1v) is 12.4. The molecule has 2 aromatic rings. The van der Waals surface area contributed by atoms with Crippen LogP contribution in [-0.2, 0) is 29.0 Å². The third kappa shape index (κ3) is 11.0. The molecule has 0 aromatic heterocycles. The molecule has 2 aromatic carbocycles. The number of fused-ring (bicyclic) bond motifs is 1. The molecule has 5 N–H and O–H groups in total. The van der Waals surface area contributed by atoms with Crippen LogP contribution in [0.25, 0.3) is 0 Å². The lowest BCUT2D eigenvalue weighted by Gasteiger charge is -2.17. The highest BCUT2D eigenvalue weighted by molar-refractivity contribution is 6.33. The summed E-state index contributed by atoms with van der Waals surface area (Å²) in [4.78, 5) is 31.4. The summed E-state index contributed by atoms with van der Waals surface area (Å²) in [5, 5.41) is 25.6. The first-order valence-electron chi connectivity index (χ1n) is 12.0. The first-order chi connectivity index (χ1) is 17.9. The zero-order chi connectivity index (χ0) is 28.3. The number of benzene rings is 2. The number of rotatable bonds is 9. The van der Waals surface area contributed by atoms with Crippen molar-refractivity contribution in [3.05, 3.63) is 63.7 Å². The Labute approximate surface area is 223 Å². The van der Waals surface area contributed by atoms with E-state index in [0.717, 1.165) is 37.2 Å². The van der Waals surface area contributed by atoms with Gasteiger partial charge in [-0.15, -0.1) is 0 Å². The molecule has 0 aliphatic carbocycles. The molecule has 8 nitrogen and oxygen atoms in total. The van der Waals surface area contributed by atoms with Crippen LogP contribution in [0.1, 0.15) is 53.2 Å². The molecular weight excluding hydrogens is 527 g/mol. The van der Waals surface area contributed by atoms with Gasteiger partial charge < -0.3 is 26.2 Å². The third-order valence-electron chi connectivity index (χ3n) is 5.64. The number of carbonyl (C=O) groups excluding carboxylic acids is 1. The molecule has 1 aliphatic heterocycles. The van der Waals surface area contributed by atoms with Crippen LogP contribution in [0.5, 0.6) is 0 Å². The predicted molar refractivity (Wildman–Crippen MR) is 138 cm³/mol. The van der Waals surface area contributed by atoms with Crippen molar-refractivity contribution in [1.82, 2.24) is 10.6 Å². The second-order valence-electron chi connectivity index (χ2n) is 8.84. The van der Waals surface area contributed by atoms with Gasteiger partial charge in [-0.1, -0.05) is 29.8 Å². The van der Waals surface area contributed by atoms with Gasteiger partial charge in [0.25, 0.3) is 5.91 Å². The van der Waals surface area contributed by atoms with Gasteiger partial charge in [-0.25, -0.2) is 0 Å². The summed E-state index contributed by atoms with van der Waals surface area (Å²) in [6.45, 7) is 3.71. The van der Waals surface area contributed by atoms with Crippen LogP contribution in [0.4, 0.5) is 18.9 Å². The maximum Gasteiger partial charge on any atom is 0.391 e. The molecule has 1 amide bonds. The van der Waals surface area contributed by atoms with E-state index in [9.17, 15) is 27.6 Å². The topological polar surface area (TPSA) is 128 Å². The summed E-state index contributed by atoms with van der Waals surface area (Å²) in [7, 11) is 0. The van der Waals surface area contributed by atoms with E-state index in [4.69, 9.17) is 21.8 Å². The van der Waals surface area contributed by atoms with E-state index in [1.165, 1.54) is 18.1 Å². The maximum absolute atomic E-state index is 12.4. The molecular formula is C26H31ClF3N3O5. The Kier molecular flexibility index (Phi) is 11.9. The van der Waals surface area contributed by atoms with Crippen molar-refractivity contribution in [2.24, 2.45) is 0 Å². The van der Waals surface area contributed by atoms with Crippen LogP contribution in [0.2, 0.25) is 5.02 Å². The second kappa shape index (κ2) is 14.6. The Morgan fingerprint density at radius 3 is 2.18 bits per heavy atom. The van der Waals surface area contributed by atoms with Crippen LogP contribution < -0.4 is 16.0 Å². The number of amides is 1. The third-order valence-corrected chi connectivity index (χ3v) is 5.95. The number of hydrogen-bond donors (Lipinski definition) is 5. The zero-order valence-electron chi connectivity index (χ0n) is 20.8. The fourth-order valence-electron chi connectivity index (χ4n) is 3.82. The number of halogens is 4. The van der Waals surface area contributed by atoms with Gasteiger partial charge in [0.15, 0.2) is 0 Å². The van der Waals surface area contributed by atoms with Crippen molar-refractivity contribution >= 4 is 35.1 Å². The highest BCUT2D eigenvalue weighted by Crippen LogP contribution is 2.31. The van der Waals surface area contributed by atoms with Crippen molar-refractivity contribution in [2.45, 2.75) is 57.8 Å². The summed E-state index contributed by atoms with van der Waals surface area (Å²) in [6.07, 6.45) is -4.11. The van der Waals surface area contributed by atoms with E-state index >= 15 is 0 Å². The standard InChI is InChI=1S/C22H25ClF3N3O.C4H6O4/c1-14(12-22(24,25)26)29-21(30)17-4-2-15(3-5-17)13-28-20-18-9-11-27-10-8-16(18)6-7-19(20)23;5-3(6)1-2-4(7)8/h2-7,14,27-28H,8-13H2,1H3,(H,29,30);1-2H2,(H,5,6)(H,7,8). The number of carboxylic acid groups (broad SMARTS) is 2. The van der Waals surface area contributed by atoms with E-state index in [0.29, 0.717) is 17.1 Å². The van der Waals surface area contributed by atoms with Gasteiger partial charge in [-0.3, -0.25) is 14.4 Å². The summed E-state index contributed by atoms with van der Waals surface area (Å²) in [5.41, 5.74) is 4.70. The number of carboxylic acids is 2. The van der Waals surface area contributed by atoms with Gasteiger partial charge in [-0.2, -0.15) is 13.2 Å². The van der Waals surface area contributed by atoms with Gasteiger partial charge in [0.2, 0.25) is 0 Å². The minimum atomic E-state index is -4.31. The number of aliphatic carboxylic acids is 2. The van der Waals surface area contributed by atoms with Crippen LogP contribution in [-0.4, -0.2) is 53.4 Å². The molecule has 1 unspecified atom stereocenters. The average molecular weight is 558 g/mol. The number of carbonyl (C=O) groups is 3. The van der Waals surface area contributed by atoms with Crippen molar-refractivity contribution < 1.29 is 37.8 Å². The van der Waals surface area contributed by atoms with E-state index in [1.807, 2.05) is 6.07 Å². The molecule has 12 heteroatoms. The summed E-state index contributed by atoms with van der Waals surface area (Å²) in [5.74, 6) is -2.67. The smallest absolute Gasteiger partial charge is 0.391 e. The Bertz CT molecular complexity index is 1100. The van der Waals surface area contributed by atoms with Crippen LogP contribution >= 0.6 is 11.6 Å². The van der Waals surface area contributed by atoms with Crippen LogP contribution in [0.15, 0.2) is 36.4 Å². The number of alkyl halides is 3. The van der Waals surface area contributed by atoms with Crippen LogP contribution in [0, 0.1) is 0 Å². The number of hydrogen-bond acceptors (Lipinski definition) is 5. The molecule has 0 radical (unpaired) electrons. The molecule has 3 rings (SSSR count). The van der Waals surface area contributed by atoms with E-state index in [1.54, 1.807) is 24.3 Å². The second-order valence-corrected chi connectivity index (χ2v) is 9.25. The van der Waals surface area contributed by atoms with Gasteiger partial charge in [0.1, 0.15) is 0 Å². The van der Waals surface area contributed by atoms with Crippen molar-refractivity contribution in [2.75, 3.05) is 18.4 Å².